The van der Waals surface area contributed by atoms with Gasteiger partial charge in [0.2, 0.25) is 5.91 Å². The lowest BCUT2D eigenvalue weighted by molar-refractivity contribution is -0.158. The number of anilines is 1. The summed E-state index contributed by atoms with van der Waals surface area (Å²) >= 11 is 0. The molecule has 0 bridgehead atoms. The summed E-state index contributed by atoms with van der Waals surface area (Å²) in [4.78, 5) is 28.1. The number of benzene rings is 1. The number of hydrogen-bond donors (Lipinski definition) is 2. The van der Waals surface area contributed by atoms with Crippen molar-refractivity contribution in [3.63, 3.8) is 0 Å². The van der Waals surface area contributed by atoms with Crippen LogP contribution in [0, 0.1) is 11.8 Å². The van der Waals surface area contributed by atoms with Gasteiger partial charge in [0.25, 0.3) is 0 Å². The van der Waals surface area contributed by atoms with Crippen molar-refractivity contribution in [2.75, 3.05) is 31.6 Å². The Morgan fingerprint density at radius 2 is 1.85 bits per heavy atom. The molecular formula is C20H30N2O5. The molecular weight excluding hydrogens is 348 g/mol. The van der Waals surface area contributed by atoms with Crippen molar-refractivity contribution in [2.24, 2.45) is 11.8 Å². The van der Waals surface area contributed by atoms with Gasteiger partial charge in [-0.05, 0) is 43.5 Å². The van der Waals surface area contributed by atoms with E-state index in [4.69, 9.17) is 4.74 Å². The molecule has 0 aliphatic carbocycles. The maximum atomic E-state index is 13.0. The van der Waals surface area contributed by atoms with E-state index in [0.717, 1.165) is 11.4 Å². The zero-order valence-corrected chi connectivity index (χ0v) is 16.5. The number of piperazine rings is 1. The predicted molar refractivity (Wildman–Crippen MR) is 103 cm³/mol. The molecule has 150 valence electrons. The SMILES string of the molecule is COc1ccc(N2CCN(C(=O)[C@@H](CC(C)C)[C@H](O)C(=O)O)[C@H](C)C2)cc1. The third-order valence-corrected chi connectivity index (χ3v) is 5.02. The van der Waals surface area contributed by atoms with Crippen LogP contribution < -0.4 is 9.64 Å². The van der Waals surface area contributed by atoms with E-state index in [0.29, 0.717) is 26.1 Å². The summed E-state index contributed by atoms with van der Waals surface area (Å²) in [6.07, 6.45) is -1.33. The number of hydrogen-bond acceptors (Lipinski definition) is 5. The second kappa shape index (κ2) is 9.08. The quantitative estimate of drug-likeness (QED) is 0.752. The number of carbonyl (C=O) groups excluding carboxylic acids is 1. The standard InChI is InChI=1S/C20H30N2O5/c1-13(2)11-17(18(23)20(25)26)19(24)22-10-9-21(12-14(22)3)15-5-7-16(27-4)8-6-15/h5-8,13-14,17-18,23H,9-12H2,1-4H3,(H,25,26)/t14-,17+,18+/m1/s1. The number of carboxylic acids is 1. The molecule has 0 aromatic heterocycles. The first kappa shape index (κ1) is 21.0. The lowest BCUT2D eigenvalue weighted by atomic mass is 9.90. The first-order valence-electron chi connectivity index (χ1n) is 9.35. The van der Waals surface area contributed by atoms with Crippen molar-refractivity contribution < 1.29 is 24.5 Å². The van der Waals surface area contributed by atoms with E-state index < -0.39 is 18.0 Å². The molecule has 27 heavy (non-hydrogen) atoms. The summed E-state index contributed by atoms with van der Waals surface area (Å²) in [6, 6.07) is 7.69. The van der Waals surface area contributed by atoms with Crippen LogP contribution in [0.1, 0.15) is 27.2 Å². The number of nitrogens with zero attached hydrogens (tertiary/aromatic N) is 2. The van der Waals surface area contributed by atoms with Gasteiger partial charge in [-0.3, -0.25) is 4.79 Å². The molecule has 1 saturated heterocycles. The fourth-order valence-corrected chi connectivity index (χ4v) is 3.57. The minimum Gasteiger partial charge on any atom is -0.497 e. The molecule has 0 saturated carbocycles. The fourth-order valence-electron chi connectivity index (χ4n) is 3.57. The average molecular weight is 378 g/mol. The van der Waals surface area contributed by atoms with Crippen LogP contribution in [-0.2, 0) is 9.59 Å². The monoisotopic (exact) mass is 378 g/mol. The molecule has 1 fully saturated rings. The van der Waals surface area contributed by atoms with Crippen molar-refractivity contribution in [3.8, 4) is 5.75 Å². The summed E-state index contributed by atoms with van der Waals surface area (Å²) < 4.78 is 5.18. The van der Waals surface area contributed by atoms with Gasteiger partial charge in [-0.1, -0.05) is 13.8 Å². The Morgan fingerprint density at radius 1 is 1.22 bits per heavy atom. The van der Waals surface area contributed by atoms with Crippen LogP contribution >= 0.6 is 0 Å². The molecule has 0 spiro atoms. The number of carboxylic acid groups (broad SMARTS) is 1. The van der Waals surface area contributed by atoms with Gasteiger partial charge >= 0.3 is 5.97 Å². The predicted octanol–water partition coefficient (Wildman–Crippen LogP) is 1.84. The highest BCUT2D eigenvalue weighted by Gasteiger charge is 2.38. The topological polar surface area (TPSA) is 90.3 Å². The van der Waals surface area contributed by atoms with E-state index in [2.05, 4.69) is 4.90 Å². The zero-order valence-electron chi connectivity index (χ0n) is 16.5. The van der Waals surface area contributed by atoms with Gasteiger partial charge in [0.1, 0.15) is 5.75 Å². The van der Waals surface area contributed by atoms with Crippen LogP contribution in [-0.4, -0.2) is 65.9 Å². The molecule has 7 heteroatoms. The molecule has 1 aromatic carbocycles. The number of aliphatic hydroxyl groups excluding tert-OH is 1. The van der Waals surface area contributed by atoms with Crippen LogP contribution in [0.4, 0.5) is 5.69 Å². The molecule has 2 rings (SSSR count). The Morgan fingerprint density at radius 3 is 2.33 bits per heavy atom. The molecule has 1 aromatic rings. The van der Waals surface area contributed by atoms with E-state index in [1.165, 1.54) is 0 Å². The van der Waals surface area contributed by atoms with Gasteiger partial charge in [0.05, 0.1) is 13.0 Å². The molecule has 1 heterocycles. The highest BCUT2D eigenvalue weighted by molar-refractivity contribution is 5.86. The summed E-state index contributed by atoms with van der Waals surface area (Å²) in [6.45, 7) is 7.58. The number of carbonyl (C=O) groups is 2. The number of ether oxygens (including phenoxy) is 1. The van der Waals surface area contributed by atoms with Crippen LogP contribution in [0.3, 0.4) is 0 Å². The largest absolute Gasteiger partial charge is 0.497 e. The molecule has 1 aliphatic rings. The van der Waals surface area contributed by atoms with Gasteiger partial charge in [-0.15, -0.1) is 0 Å². The van der Waals surface area contributed by atoms with Gasteiger partial charge in [-0.25, -0.2) is 4.79 Å². The van der Waals surface area contributed by atoms with Gasteiger partial charge < -0.3 is 24.7 Å². The van der Waals surface area contributed by atoms with Gasteiger partial charge in [0.15, 0.2) is 6.10 Å². The number of methoxy groups -OCH3 is 1. The molecule has 7 nitrogen and oxygen atoms in total. The maximum absolute atomic E-state index is 13.0. The lowest BCUT2D eigenvalue weighted by Crippen LogP contribution is -2.57. The maximum Gasteiger partial charge on any atom is 0.333 e. The Labute approximate surface area is 160 Å². The van der Waals surface area contributed by atoms with Crippen LogP contribution in [0.15, 0.2) is 24.3 Å². The highest BCUT2D eigenvalue weighted by Crippen LogP contribution is 2.25. The van der Waals surface area contributed by atoms with Gasteiger partial charge in [-0.2, -0.15) is 0 Å². The molecule has 0 unspecified atom stereocenters. The van der Waals surface area contributed by atoms with E-state index >= 15 is 0 Å². The van der Waals surface area contributed by atoms with Crippen molar-refractivity contribution in [1.82, 2.24) is 4.90 Å². The summed E-state index contributed by atoms with van der Waals surface area (Å²) in [5.74, 6) is -1.64. The molecule has 1 aliphatic heterocycles. The second-order valence-corrected chi connectivity index (χ2v) is 7.54. The minimum atomic E-state index is -1.67. The minimum absolute atomic E-state index is 0.0796. The molecule has 3 atom stereocenters. The smallest absolute Gasteiger partial charge is 0.333 e. The number of rotatable bonds is 7. The van der Waals surface area contributed by atoms with Gasteiger partial charge in [0, 0.05) is 31.4 Å². The average Bonchev–Trinajstić information content (AvgIpc) is 2.64. The third kappa shape index (κ3) is 5.13. The van der Waals surface area contributed by atoms with Crippen molar-refractivity contribution in [1.29, 1.82) is 0 Å². The second-order valence-electron chi connectivity index (χ2n) is 7.54. The van der Waals surface area contributed by atoms with Crippen LogP contribution in [0.5, 0.6) is 5.75 Å². The lowest BCUT2D eigenvalue weighted by Gasteiger charge is -2.42. The number of aliphatic carboxylic acids is 1. The Kier molecular flexibility index (Phi) is 7.07. The van der Waals surface area contributed by atoms with E-state index in [9.17, 15) is 19.8 Å². The first-order valence-corrected chi connectivity index (χ1v) is 9.35. The Balaban J connectivity index is 2.08. The van der Waals surface area contributed by atoms with Crippen molar-refractivity contribution in [3.05, 3.63) is 24.3 Å². The number of amides is 1. The molecule has 2 N–H and O–H groups in total. The van der Waals surface area contributed by atoms with E-state index in [1.54, 1.807) is 12.0 Å². The van der Waals surface area contributed by atoms with Crippen molar-refractivity contribution in [2.45, 2.75) is 39.3 Å². The van der Waals surface area contributed by atoms with E-state index in [1.807, 2.05) is 45.0 Å². The summed E-state index contributed by atoms with van der Waals surface area (Å²) in [7, 11) is 1.63. The van der Waals surface area contributed by atoms with Crippen LogP contribution in [0.2, 0.25) is 0 Å². The summed E-state index contributed by atoms with van der Waals surface area (Å²) in [5.41, 5.74) is 1.05. The van der Waals surface area contributed by atoms with Crippen LogP contribution in [0.25, 0.3) is 0 Å². The Bertz CT molecular complexity index is 646. The number of aliphatic hydroxyl groups is 1. The summed E-state index contributed by atoms with van der Waals surface area (Å²) in [5, 5.41) is 19.2. The molecule has 1 amide bonds. The fraction of sp³-hybridized carbons (Fsp3) is 0.600. The zero-order chi connectivity index (χ0) is 20.1. The van der Waals surface area contributed by atoms with E-state index in [-0.39, 0.29) is 17.9 Å². The molecule has 0 radical (unpaired) electrons. The third-order valence-electron chi connectivity index (χ3n) is 5.02. The Hall–Kier alpha value is -2.28. The normalized spacial score (nSPS) is 19.7. The first-order chi connectivity index (χ1) is 12.7. The van der Waals surface area contributed by atoms with Crippen molar-refractivity contribution >= 4 is 17.6 Å². The highest BCUT2D eigenvalue weighted by atomic mass is 16.5.